The Bertz CT molecular complexity index is 1090. The number of rotatable bonds is 47. The number of aliphatic carboxylic acids is 1. The Morgan fingerprint density at radius 3 is 1.19 bits per heavy atom. The fourth-order valence-corrected chi connectivity index (χ4v) is 5.16. The van der Waals surface area contributed by atoms with Gasteiger partial charge in [-0.1, -0.05) is 0 Å². The van der Waals surface area contributed by atoms with Crippen molar-refractivity contribution < 1.29 is 96.4 Å². The molecule has 0 aromatic rings. The second-order valence-corrected chi connectivity index (χ2v) is 13.7. The van der Waals surface area contributed by atoms with Crippen LogP contribution >= 0.6 is 0 Å². The standard InChI is InChI=1S/C39H76N4O20/c40-31(37(41)48)3-1-2-5-42-32(44)4-7-51-9-11-53-13-15-55-17-19-57-21-23-59-25-27-61-29-30-62-28-26-60-24-22-58-20-18-56-16-14-54-12-10-52-8-6-43-38-35(47)33(45)34(46)36(63-38)39(49)50/h31,33-36,38,43,45-47H,1-30,40H2,(H2,41,48)(H,42,44)(H,49,50)/t31-,33-,34?,35+,36-,38?/m0/s1. The van der Waals surface area contributed by atoms with Gasteiger partial charge in [-0.3, -0.25) is 14.9 Å². The van der Waals surface area contributed by atoms with Crippen LogP contribution in [0.2, 0.25) is 0 Å². The molecule has 0 spiro atoms. The maximum atomic E-state index is 11.8. The lowest BCUT2D eigenvalue weighted by Crippen LogP contribution is -2.63. The van der Waals surface area contributed by atoms with E-state index in [9.17, 15) is 29.7 Å². The SMILES string of the molecule is NC(=O)[C@@H](N)CCCCNC(=O)CCOCCOCCOCCOCCOCCOCCOCCOCCOCCOCCOCCOCCNC1O[C@H](C(=O)O)C(O)[C@H](O)[C@H]1O. The number of aliphatic hydroxyl groups excluding tert-OH is 3. The van der Waals surface area contributed by atoms with E-state index < -0.39 is 48.6 Å². The summed E-state index contributed by atoms with van der Waals surface area (Å²) in [6.07, 6.45) is -5.49. The highest BCUT2D eigenvalue weighted by Crippen LogP contribution is 2.20. The minimum absolute atomic E-state index is 0.0941. The molecule has 24 nitrogen and oxygen atoms in total. The van der Waals surface area contributed by atoms with Crippen LogP contribution in [0.1, 0.15) is 25.7 Å². The lowest BCUT2D eigenvalue weighted by Gasteiger charge is -2.39. The second-order valence-electron chi connectivity index (χ2n) is 13.7. The molecule has 372 valence electrons. The van der Waals surface area contributed by atoms with E-state index in [1.54, 1.807) is 0 Å². The number of hydrogen-bond donors (Lipinski definition) is 8. The van der Waals surface area contributed by atoms with Gasteiger partial charge in [-0.25, -0.2) is 4.79 Å². The molecule has 24 heteroatoms. The van der Waals surface area contributed by atoms with Crippen molar-refractivity contribution in [1.29, 1.82) is 0 Å². The third-order valence-electron chi connectivity index (χ3n) is 8.64. The van der Waals surface area contributed by atoms with Crippen LogP contribution < -0.4 is 22.1 Å². The number of nitrogens with one attached hydrogen (secondary N) is 2. The third kappa shape index (κ3) is 34.7. The predicted molar refractivity (Wildman–Crippen MR) is 221 cm³/mol. The molecule has 1 heterocycles. The summed E-state index contributed by atoms with van der Waals surface area (Å²) in [5.41, 5.74) is 10.7. The van der Waals surface area contributed by atoms with Gasteiger partial charge >= 0.3 is 5.97 Å². The number of amides is 2. The van der Waals surface area contributed by atoms with Crippen LogP contribution in [0.15, 0.2) is 0 Å². The molecule has 1 saturated heterocycles. The highest BCUT2D eigenvalue weighted by atomic mass is 16.6. The average Bonchev–Trinajstić information content (AvgIpc) is 3.26. The topological polar surface area (TPSA) is 328 Å². The van der Waals surface area contributed by atoms with E-state index in [-0.39, 0.29) is 25.5 Å². The lowest BCUT2D eigenvalue weighted by molar-refractivity contribution is -0.234. The summed E-state index contributed by atoms with van der Waals surface area (Å²) >= 11 is 0. The molecular weight excluding hydrogens is 844 g/mol. The average molecular weight is 921 g/mol. The highest BCUT2D eigenvalue weighted by Gasteiger charge is 2.46. The maximum Gasteiger partial charge on any atom is 0.335 e. The molecule has 63 heavy (non-hydrogen) atoms. The molecule has 10 N–H and O–H groups in total. The molecule has 0 aliphatic carbocycles. The molecule has 0 radical (unpaired) electrons. The van der Waals surface area contributed by atoms with Crippen molar-refractivity contribution >= 4 is 17.8 Å². The number of carboxylic acid groups (broad SMARTS) is 1. The summed E-state index contributed by atoms with van der Waals surface area (Å²) in [6.45, 7) is 10.6. The minimum Gasteiger partial charge on any atom is -0.479 e. The van der Waals surface area contributed by atoms with Crippen LogP contribution in [0.25, 0.3) is 0 Å². The van der Waals surface area contributed by atoms with E-state index in [0.717, 1.165) is 6.42 Å². The summed E-state index contributed by atoms with van der Waals surface area (Å²) in [6, 6.07) is -0.640. The first-order valence-corrected chi connectivity index (χ1v) is 21.6. The maximum absolute atomic E-state index is 11.8. The number of carbonyl (C=O) groups excluding carboxylic acids is 2. The van der Waals surface area contributed by atoms with E-state index in [1.165, 1.54) is 0 Å². The molecule has 1 fully saturated rings. The van der Waals surface area contributed by atoms with Crippen molar-refractivity contribution in [3.05, 3.63) is 0 Å². The Labute approximate surface area is 370 Å². The van der Waals surface area contributed by atoms with Crippen LogP contribution in [-0.2, 0) is 76.0 Å². The molecule has 2 amide bonds. The van der Waals surface area contributed by atoms with Gasteiger partial charge in [0.05, 0.1) is 165 Å². The monoisotopic (exact) mass is 921 g/mol. The number of unbranched alkanes of at least 4 members (excludes halogenated alkanes) is 1. The molecule has 0 bridgehead atoms. The number of primary amides is 1. The van der Waals surface area contributed by atoms with Gasteiger partial charge < -0.3 is 98.8 Å². The summed E-state index contributed by atoms with van der Waals surface area (Å²) in [5.74, 6) is -2.05. The zero-order valence-electron chi connectivity index (χ0n) is 36.7. The van der Waals surface area contributed by atoms with Crippen LogP contribution in [0.5, 0.6) is 0 Å². The van der Waals surface area contributed by atoms with Gasteiger partial charge in [0.15, 0.2) is 6.10 Å². The van der Waals surface area contributed by atoms with E-state index in [4.69, 9.17) is 78.2 Å². The lowest BCUT2D eigenvalue weighted by atomic mass is 9.98. The quantitative estimate of drug-likeness (QED) is 0.0271. The smallest absolute Gasteiger partial charge is 0.335 e. The predicted octanol–water partition coefficient (Wildman–Crippen LogP) is -3.84. The third-order valence-corrected chi connectivity index (χ3v) is 8.64. The Morgan fingerprint density at radius 1 is 0.492 bits per heavy atom. The Kier molecular flexibility index (Phi) is 39.4. The molecular formula is C39H76N4O20. The fourth-order valence-electron chi connectivity index (χ4n) is 5.16. The van der Waals surface area contributed by atoms with Gasteiger partial charge in [-0.15, -0.1) is 0 Å². The molecule has 0 aromatic carbocycles. The molecule has 2 unspecified atom stereocenters. The molecule has 1 rings (SSSR count). The Balaban J connectivity index is 1.68. The largest absolute Gasteiger partial charge is 0.479 e. The number of carbonyl (C=O) groups is 3. The molecule has 1 aliphatic heterocycles. The van der Waals surface area contributed by atoms with Crippen LogP contribution in [0.4, 0.5) is 0 Å². The zero-order chi connectivity index (χ0) is 46.0. The second kappa shape index (κ2) is 42.3. The van der Waals surface area contributed by atoms with E-state index >= 15 is 0 Å². The molecule has 0 aromatic heterocycles. The van der Waals surface area contributed by atoms with Gasteiger partial charge in [-0.2, -0.15) is 0 Å². The molecule has 6 atom stereocenters. The van der Waals surface area contributed by atoms with E-state index in [2.05, 4.69) is 10.6 Å². The first kappa shape index (κ1) is 58.7. The summed E-state index contributed by atoms with van der Waals surface area (Å²) < 4.78 is 70.6. The zero-order valence-corrected chi connectivity index (χ0v) is 36.7. The Morgan fingerprint density at radius 2 is 0.841 bits per heavy atom. The normalized spacial score (nSPS) is 19.3. The molecule has 1 aliphatic rings. The van der Waals surface area contributed by atoms with E-state index in [0.29, 0.717) is 171 Å². The minimum atomic E-state index is -1.73. The van der Waals surface area contributed by atoms with Gasteiger partial charge in [0.2, 0.25) is 11.8 Å². The van der Waals surface area contributed by atoms with Crippen molar-refractivity contribution in [1.82, 2.24) is 10.6 Å². The number of aliphatic hydroxyl groups is 3. The number of ether oxygens (including phenoxy) is 13. The summed E-state index contributed by atoms with van der Waals surface area (Å²) in [5, 5.41) is 44.1. The van der Waals surface area contributed by atoms with Crippen molar-refractivity contribution in [2.24, 2.45) is 11.5 Å². The van der Waals surface area contributed by atoms with Crippen molar-refractivity contribution in [3.63, 3.8) is 0 Å². The van der Waals surface area contributed by atoms with Gasteiger partial charge in [0, 0.05) is 19.5 Å². The fraction of sp³-hybridized carbons (Fsp3) is 0.923. The van der Waals surface area contributed by atoms with Crippen LogP contribution in [-0.4, -0.2) is 247 Å². The van der Waals surface area contributed by atoms with Crippen molar-refractivity contribution in [2.75, 3.05) is 172 Å². The van der Waals surface area contributed by atoms with Crippen LogP contribution in [0.3, 0.4) is 0 Å². The highest BCUT2D eigenvalue weighted by molar-refractivity contribution is 5.79. The first-order chi connectivity index (χ1) is 30.6. The summed E-state index contributed by atoms with van der Waals surface area (Å²) in [7, 11) is 0. The summed E-state index contributed by atoms with van der Waals surface area (Å²) in [4.78, 5) is 33.8. The number of nitrogens with two attached hydrogens (primary N) is 2. The first-order valence-electron chi connectivity index (χ1n) is 21.6. The van der Waals surface area contributed by atoms with Gasteiger partial charge in [-0.05, 0) is 19.3 Å². The Hall–Kier alpha value is -2.31. The van der Waals surface area contributed by atoms with Crippen molar-refractivity contribution in [3.8, 4) is 0 Å². The van der Waals surface area contributed by atoms with Gasteiger partial charge in [0.1, 0.15) is 24.5 Å². The van der Waals surface area contributed by atoms with Crippen LogP contribution in [0, 0.1) is 0 Å². The van der Waals surface area contributed by atoms with Gasteiger partial charge in [0.25, 0.3) is 0 Å². The number of carboxylic acids is 1. The molecule has 0 saturated carbocycles. The number of hydrogen-bond acceptors (Lipinski definition) is 21. The van der Waals surface area contributed by atoms with E-state index in [1.807, 2.05) is 0 Å². The van der Waals surface area contributed by atoms with Crippen molar-refractivity contribution in [2.45, 2.75) is 62.4 Å².